The van der Waals surface area contributed by atoms with E-state index in [0.29, 0.717) is 0 Å². The average Bonchev–Trinajstić information content (AvgIpc) is 3.25. The molecule has 128 valence electrons. The van der Waals surface area contributed by atoms with Crippen LogP contribution in [0.15, 0.2) is 36.4 Å². The molecular weight excluding hydrogens is 300 g/mol. The number of ether oxygens (including phenoxy) is 1. The minimum Gasteiger partial charge on any atom is -0.497 e. The third kappa shape index (κ3) is 3.07. The van der Waals surface area contributed by atoms with Crippen molar-refractivity contribution in [3.8, 4) is 5.75 Å². The molecule has 4 nitrogen and oxygen atoms in total. The Hall–Kier alpha value is -1.81. The van der Waals surface area contributed by atoms with Crippen LogP contribution in [0.1, 0.15) is 23.2 Å². The van der Waals surface area contributed by atoms with Crippen LogP contribution < -0.4 is 4.74 Å². The van der Waals surface area contributed by atoms with Gasteiger partial charge in [-0.3, -0.25) is 9.69 Å². The summed E-state index contributed by atoms with van der Waals surface area (Å²) >= 11 is 0. The Kier molecular flexibility index (Phi) is 4.31. The number of nitrogens with zero attached hydrogens (tertiary/aromatic N) is 2. The lowest BCUT2D eigenvalue weighted by Crippen LogP contribution is -2.50. The second-order valence-corrected chi connectivity index (χ2v) is 7.37. The van der Waals surface area contributed by atoms with E-state index in [2.05, 4.69) is 17.1 Å². The second-order valence-electron chi connectivity index (χ2n) is 7.37. The van der Waals surface area contributed by atoms with E-state index in [-0.39, 0.29) is 5.91 Å². The summed E-state index contributed by atoms with van der Waals surface area (Å²) < 4.78 is 5.22. The lowest BCUT2D eigenvalue weighted by Gasteiger charge is -2.37. The fraction of sp³-hybridized carbons (Fsp3) is 0.550. The van der Waals surface area contributed by atoms with Crippen molar-refractivity contribution in [1.82, 2.24) is 9.80 Å². The number of methoxy groups -OCH3 is 1. The summed E-state index contributed by atoms with van der Waals surface area (Å²) in [5, 5.41) is 0. The quantitative estimate of drug-likeness (QED) is 0.798. The summed E-state index contributed by atoms with van der Waals surface area (Å²) in [4.78, 5) is 17.2. The van der Waals surface area contributed by atoms with Gasteiger partial charge in [0, 0.05) is 38.3 Å². The third-order valence-corrected chi connectivity index (χ3v) is 5.89. The van der Waals surface area contributed by atoms with Crippen LogP contribution in [-0.2, 0) is 0 Å². The van der Waals surface area contributed by atoms with Crippen molar-refractivity contribution >= 4 is 5.91 Å². The van der Waals surface area contributed by atoms with E-state index < -0.39 is 0 Å². The first kappa shape index (κ1) is 15.7. The summed E-state index contributed by atoms with van der Waals surface area (Å²) in [6, 6.07) is 7.46. The highest BCUT2D eigenvalue weighted by Crippen LogP contribution is 2.43. The molecule has 1 aliphatic heterocycles. The van der Waals surface area contributed by atoms with E-state index >= 15 is 0 Å². The van der Waals surface area contributed by atoms with Crippen molar-refractivity contribution in [2.24, 2.45) is 17.8 Å². The lowest BCUT2D eigenvalue weighted by molar-refractivity contribution is 0.0610. The van der Waals surface area contributed by atoms with E-state index in [1.54, 1.807) is 7.11 Å². The smallest absolute Gasteiger partial charge is 0.254 e. The normalized spacial score (nSPS) is 29.2. The zero-order chi connectivity index (χ0) is 16.5. The molecule has 24 heavy (non-hydrogen) atoms. The van der Waals surface area contributed by atoms with Crippen molar-refractivity contribution in [3.63, 3.8) is 0 Å². The molecule has 2 aliphatic carbocycles. The van der Waals surface area contributed by atoms with Gasteiger partial charge in [0.1, 0.15) is 5.75 Å². The van der Waals surface area contributed by atoms with Gasteiger partial charge in [0.2, 0.25) is 0 Å². The molecule has 4 rings (SSSR count). The molecular formula is C20H26N2O2. The molecule has 0 aromatic heterocycles. The summed E-state index contributed by atoms with van der Waals surface area (Å²) in [5.41, 5.74) is 0.723. The Morgan fingerprint density at radius 2 is 2.00 bits per heavy atom. The maximum absolute atomic E-state index is 12.7. The van der Waals surface area contributed by atoms with Crippen LogP contribution >= 0.6 is 0 Å². The predicted molar refractivity (Wildman–Crippen MR) is 94.2 cm³/mol. The Morgan fingerprint density at radius 1 is 1.17 bits per heavy atom. The number of fused-ring (bicyclic) bond motifs is 2. The minimum atomic E-state index is 0.122. The zero-order valence-corrected chi connectivity index (χ0v) is 14.4. The monoisotopic (exact) mass is 326 g/mol. The van der Waals surface area contributed by atoms with E-state index in [0.717, 1.165) is 55.2 Å². The molecule has 1 saturated heterocycles. The van der Waals surface area contributed by atoms with Crippen LogP contribution in [0.2, 0.25) is 0 Å². The molecule has 0 unspecified atom stereocenters. The fourth-order valence-corrected chi connectivity index (χ4v) is 4.51. The van der Waals surface area contributed by atoms with Crippen LogP contribution in [0.25, 0.3) is 0 Å². The van der Waals surface area contributed by atoms with Gasteiger partial charge >= 0.3 is 0 Å². The number of hydrogen-bond acceptors (Lipinski definition) is 3. The van der Waals surface area contributed by atoms with E-state index in [1.807, 2.05) is 29.2 Å². The Bertz CT molecular complexity index is 634. The van der Waals surface area contributed by atoms with E-state index in [9.17, 15) is 4.79 Å². The molecule has 1 amide bonds. The molecule has 1 saturated carbocycles. The Balaban J connectivity index is 1.31. The first-order valence-corrected chi connectivity index (χ1v) is 9.07. The highest BCUT2D eigenvalue weighted by molar-refractivity contribution is 5.94. The highest BCUT2D eigenvalue weighted by atomic mass is 16.5. The summed E-state index contributed by atoms with van der Waals surface area (Å²) in [5.74, 6) is 3.35. The molecule has 0 N–H and O–H groups in total. The van der Waals surface area contributed by atoms with Crippen molar-refractivity contribution in [1.29, 1.82) is 0 Å². The summed E-state index contributed by atoms with van der Waals surface area (Å²) in [7, 11) is 1.63. The van der Waals surface area contributed by atoms with Gasteiger partial charge in [-0.25, -0.2) is 0 Å². The van der Waals surface area contributed by atoms with Crippen molar-refractivity contribution in [3.05, 3.63) is 42.0 Å². The number of benzene rings is 1. The van der Waals surface area contributed by atoms with Gasteiger partial charge in [0.05, 0.1) is 7.11 Å². The maximum atomic E-state index is 12.7. The maximum Gasteiger partial charge on any atom is 0.254 e. The standard InChI is InChI=1S/C20H26N2O2/c1-24-19-4-2-3-17(13-19)20(23)22-9-7-21(8-10-22)14-18-12-15-5-6-16(18)11-15/h2-6,13,15-16,18H,7-12,14H2,1H3/t15-,16-,18+/m0/s1. The highest BCUT2D eigenvalue weighted by Gasteiger charge is 2.36. The van der Waals surface area contributed by atoms with Gasteiger partial charge in [-0.2, -0.15) is 0 Å². The number of amides is 1. The molecule has 4 heteroatoms. The summed E-state index contributed by atoms with van der Waals surface area (Å²) in [6.45, 7) is 4.84. The van der Waals surface area contributed by atoms with Gasteiger partial charge in [0.15, 0.2) is 0 Å². The molecule has 3 atom stereocenters. The van der Waals surface area contributed by atoms with Crippen LogP contribution in [0.5, 0.6) is 5.75 Å². The Labute approximate surface area is 144 Å². The number of carbonyl (C=O) groups excluding carboxylic acids is 1. The largest absolute Gasteiger partial charge is 0.497 e. The number of carbonyl (C=O) groups is 1. The molecule has 0 spiro atoms. The van der Waals surface area contributed by atoms with Gasteiger partial charge in [-0.1, -0.05) is 18.2 Å². The first-order chi connectivity index (χ1) is 11.7. The number of rotatable bonds is 4. The topological polar surface area (TPSA) is 32.8 Å². The van der Waals surface area contributed by atoms with Gasteiger partial charge in [0.25, 0.3) is 5.91 Å². The molecule has 2 fully saturated rings. The minimum absolute atomic E-state index is 0.122. The van der Waals surface area contributed by atoms with Gasteiger partial charge in [-0.15, -0.1) is 0 Å². The SMILES string of the molecule is COc1cccc(C(=O)N2CCN(C[C@H]3C[C@H]4C=C[C@H]3C4)CC2)c1. The number of allylic oxidation sites excluding steroid dienone is 2. The fourth-order valence-electron chi connectivity index (χ4n) is 4.51. The molecule has 1 heterocycles. The number of piperazine rings is 1. The van der Waals surface area contributed by atoms with Crippen molar-refractivity contribution in [2.45, 2.75) is 12.8 Å². The molecule has 1 aromatic rings. The van der Waals surface area contributed by atoms with Crippen LogP contribution in [0, 0.1) is 17.8 Å². The lowest BCUT2D eigenvalue weighted by atomic mass is 9.93. The molecule has 0 radical (unpaired) electrons. The van der Waals surface area contributed by atoms with Crippen LogP contribution in [0.4, 0.5) is 0 Å². The van der Waals surface area contributed by atoms with Crippen LogP contribution in [0.3, 0.4) is 0 Å². The first-order valence-electron chi connectivity index (χ1n) is 9.07. The third-order valence-electron chi connectivity index (χ3n) is 5.89. The average molecular weight is 326 g/mol. The molecule has 2 bridgehead atoms. The van der Waals surface area contributed by atoms with Gasteiger partial charge in [-0.05, 0) is 48.8 Å². The number of hydrogen-bond donors (Lipinski definition) is 0. The summed E-state index contributed by atoms with van der Waals surface area (Å²) in [6.07, 6.45) is 7.58. The van der Waals surface area contributed by atoms with Crippen molar-refractivity contribution in [2.75, 3.05) is 39.8 Å². The van der Waals surface area contributed by atoms with E-state index in [1.165, 1.54) is 19.4 Å². The van der Waals surface area contributed by atoms with Gasteiger partial charge < -0.3 is 9.64 Å². The second kappa shape index (κ2) is 6.60. The zero-order valence-electron chi connectivity index (χ0n) is 14.4. The molecule has 1 aromatic carbocycles. The van der Waals surface area contributed by atoms with E-state index in [4.69, 9.17) is 4.74 Å². The van der Waals surface area contributed by atoms with Crippen LogP contribution in [-0.4, -0.2) is 55.5 Å². The Morgan fingerprint density at radius 3 is 2.67 bits per heavy atom. The predicted octanol–water partition coefficient (Wildman–Crippen LogP) is 2.67. The van der Waals surface area contributed by atoms with Crippen molar-refractivity contribution < 1.29 is 9.53 Å². The molecule has 3 aliphatic rings.